The van der Waals surface area contributed by atoms with E-state index < -0.39 is 16.8 Å². The highest BCUT2D eigenvalue weighted by atomic mass is 35.5. The molecule has 0 fully saturated rings. The number of hydrogen-bond acceptors (Lipinski definition) is 7. The fraction of sp³-hybridized carbons (Fsp3) is 0.280. The molecule has 1 atom stereocenters. The first-order chi connectivity index (χ1) is 16.4. The maximum absolute atomic E-state index is 13.2. The number of para-hydroxylation sites is 1. The number of nitro benzene ring substituents is 1. The van der Waals surface area contributed by atoms with Crippen molar-refractivity contribution in [2.75, 3.05) is 13.2 Å². The van der Waals surface area contributed by atoms with Gasteiger partial charge < -0.3 is 14.8 Å². The van der Waals surface area contributed by atoms with Crippen LogP contribution in [0.2, 0.25) is 5.02 Å². The summed E-state index contributed by atoms with van der Waals surface area (Å²) in [5.41, 5.74) is 2.12. The number of allylic oxidation sites excluding steroid dienone is 3. The average Bonchev–Trinajstić information content (AvgIpc) is 2.82. The molecule has 0 radical (unpaired) electrons. The van der Waals surface area contributed by atoms with Crippen molar-refractivity contribution in [1.82, 2.24) is 5.32 Å². The van der Waals surface area contributed by atoms with Crippen molar-refractivity contribution in [2.45, 2.75) is 32.1 Å². The number of hydrogen-bond donors (Lipinski definition) is 1. The van der Waals surface area contributed by atoms with E-state index in [1.165, 1.54) is 12.1 Å². The largest absolute Gasteiger partial charge is 0.490 e. The maximum atomic E-state index is 13.2. The molecule has 1 aliphatic heterocycles. The molecule has 1 heterocycles. The number of nitro groups is 1. The molecule has 2 aromatic rings. The zero-order chi connectivity index (χ0) is 24.2. The lowest BCUT2D eigenvalue weighted by molar-refractivity contribution is -0.384. The van der Waals surface area contributed by atoms with Crippen LogP contribution in [-0.2, 0) is 14.3 Å². The fourth-order valence-electron chi connectivity index (χ4n) is 4.32. The number of halogens is 1. The summed E-state index contributed by atoms with van der Waals surface area (Å²) in [6, 6.07) is 13.5. The number of carbonyl (C=O) groups is 2. The number of esters is 1. The highest BCUT2D eigenvalue weighted by Gasteiger charge is 2.39. The van der Waals surface area contributed by atoms with E-state index >= 15 is 0 Å². The van der Waals surface area contributed by atoms with Gasteiger partial charge in [-0.3, -0.25) is 14.9 Å². The molecule has 1 unspecified atom stereocenters. The number of ether oxygens (including phenoxy) is 2. The first-order valence-electron chi connectivity index (χ1n) is 10.9. The summed E-state index contributed by atoms with van der Waals surface area (Å²) in [5, 5.41) is 14.7. The quantitative estimate of drug-likeness (QED) is 0.260. The summed E-state index contributed by atoms with van der Waals surface area (Å²) in [4.78, 5) is 37.0. The highest BCUT2D eigenvalue weighted by molar-refractivity contribution is 6.32. The third-order valence-electron chi connectivity index (χ3n) is 5.82. The minimum absolute atomic E-state index is 0.00214. The number of Topliss-reactive ketones (excluding diaryl/α,β-unsaturated/α-hetero) is 1. The molecular weight excluding hydrogens is 460 g/mol. The Bertz CT molecular complexity index is 1210. The number of benzene rings is 2. The number of nitrogens with one attached hydrogen (secondary N) is 1. The zero-order valence-electron chi connectivity index (χ0n) is 18.5. The van der Waals surface area contributed by atoms with Crippen LogP contribution in [0, 0.1) is 10.1 Å². The smallest absolute Gasteiger partial charge is 0.336 e. The highest BCUT2D eigenvalue weighted by Crippen LogP contribution is 2.44. The molecule has 1 aliphatic carbocycles. The van der Waals surface area contributed by atoms with Crippen LogP contribution in [-0.4, -0.2) is 29.9 Å². The predicted molar refractivity (Wildman–Crippen MR) is 125 cm³/mol. The van der Waals surface area contributed by atoms with Crippen LogP contribution in [0.4, 0.5) is 5.69 Å². The number of nitrogens with zero attached hydrogens (tertiary/aromatic N) is 1. The standard InChI is InChI=1S/C25H23ClN2O6/c1-15-22(25(30)34-13-12-33-17-6-3-2-4-7-17)23(24-19(27-15)8-5-9-21(24)29)16-10-11-18(26)20(14-16)28(31)32/h2-4,6-7,10-11,14,23,27H,5,8-9,12-13H2,1H3. The van der Waals surface area contributed by atoms with E-state index in [-0.39, 0.29) is 35.3 Å². The van der Waals surface area contributed by atoms with Crippen LogP contribution in [0.1, 0.15) is 37.7 Å². The van der Waals surface area contributed by atoms with Crippen molar-refractivity contribution < 1.29 is 24.0 Å². The van der Waals surface area contributed by atoms with E-state index in [1.54, 1.807) is 25.1 Å². The first kappa shape index (κ1) is 23.5. The summed E-state index contributed by atoms with van der Waals surface area (Å²) >= 11 is 6.01. The van der Waals surface area contributed by atoms with Crippen LogP contribution in [0.25, 0.3) is 0 Å². The zero-order valence-corrected chi connectivity index (χ0v) is 19.3. The van der Waals surface area contributed by atoms with Crippen LogP contribution in [0.3, 0.4) is 0 Å². The van der Waals surface area contributed by atoms with Gasteiger partial charge in [-0.2, -0.15) is 0 Å². The Morgan fingerprint density at radius 2 is 1.94 bits per heavy atom. The minimum atomic E-state index is -0.789. The van der Waals surface area contributed by atoms with Crippen molar-refractivity contribution in [3.63, 3.8) is 0 Å². The Hall–Kier alpha value is -3.65. The third-order valence-corrected chi connectivity index (χ3v) is 6.14. The molecule has 0 spiro atoms. The predicted octanol–water partition coefficient (Wildman–Crippen LogP) is 4.84. The summed E-state index contributed by atoms with van der Waals surface area (Å²) < 4.78 is 11.1. The molecule has 0 amide bonds. The van der Waals surface area contributed by atoms with Gasteiger partial charge in [0.15, 0.2) is 5.78 Å². The second-order valence-electron chi connectivity index (χ2n) is 8.03. The van der Waals surface area contributed by atoms with E-state index in [4.69, 9.17) is 21.1 Å². The average molecular weight is 483 g/mol. The van der Waals surface area contributed by atoms with Gasteiger partial charge in [-0.15, -0.1) is 0 Å². The summed E-state index contributed by atoms with van der Waals surface area (Å²) in [5.74, 6) is -0.847. The Kier molecular flexibility index (Phi) is 6.98. The summed E-state index contributed by atoms with van der Waals surface area (Å²) in [6.07, 6.45) is 1.69. The van der Waals surface area contributed by atoms with Crippen molar-refractivity contribution in [2.24, 2.45) is 0 Å². The van der Waals surface area contributed by atoms with Gasteiger partial charge in [0.25, 0.3) is 5.69 Å². The van der Waals surface area contributed by atoms with Crippen LogP contribution in [0.15, 0.2) is 71.1 Å². The minimum Gasteiger partial charge on any atom is -0.490 e. The molecule has 0 bridgehead atoms. The fourth-order valence-corrected chi connectivity index (χ4v) is 4.51. The van der Waals surface area contributed by atoms with Crippen molar-refractivity contribution in [3.05, 3.63) is 91.8 Å². The molecule has 2 aromatic carbocycles. The van der Waals surface area contributed by atoms with E-state index in [2.05, 4.69) is 5.32 Å². The normalized spacial score (nSPS) is 17.7. The lowest BCUT2D eigenvalue weighted by atomic mass is 9.75. The Morgan fingerprint density at radius 3 is 2.68 bits per heavy atom. The van der Waals surface area contributed by atoms with E-state index in [1.807, 2.05) is 18.2 Å². The lowest BCUT2D eigenvalue weighted by Crippen LogP contribution is -2.34. The van der Waals surface area contributed by atoms with Crippen LogP contribution >= 0.6 is 11.6 Å². The van der Waals surface area contributed by atoms with Crippen molar-refractivity contribution >= 4 is 29.0 Å². The van der Waals surface area contributed by atoms with E-state index in [0.29, 0.717) is 41.8 Å². The van der Waals surface area contributed by atoms with Gasteiger partial charge in [0.05, 0.1) is 10.5 Å². The Labute approximate surface area is 201 Å². The lowest BCUT2D eigenvalue weighted by Gasteiger charge is -2.34. The molecule has 0 aromatic heterocycles. The molecule has 4 rings (SSSR count). The van der Waals surface area contributed by atoms with Crippen molar-refractivity contribution in [3.8, 4) is 5.75 Å². The molecule has 0 saturated heterocycles. The molecule has 34 heavy (non-hydrogen) atoms. The van der Waals surface area contributed by atoms with Gasteiger partial charge in [0.2, 0.25) is 0 Å². The topological polar surface area (TPSA) is 108 Å². The Balaban J connectivity index is 1.63. The molecule has 176 valence electrons. The van der Waals surface area contributed by atoms with E-state index in [9.17, 15) is 19.7 Å². The number of dihydropyridines is 1. The monoisotopic (exact) mass is 482 g/mol. The number of rotatable bonds is 7. The molecule has 1 N–H and O–H groups in total. The SMILES string of the molecule is CC1=C(C(=O)OCCOc2ccccc2)C(c2ccc(Cl)c([N+](=O)[O-])c2)C2=C(CCCC2=O)N1. The number of carbonyl (C=O) groups excluding carboxylic acids is 2. The molecule has 0 saturated carbocycles. The van der Waals surface area contributed by atoms with Gasteiger partial charge in [-0.25, -0.2) is 4.79 Å². The van der Waals surface area contributed by atoms with Gasteiger partial charge >= 0.3 is 5.97 Å². The van der Waals surface area contributed by atoms with E-state index in [0.717, 1.165) is 5.70 Å². The molecular formula is C25H23ClN2O6. The van der Waals surface area contributed by atoms with Gasteiger partial charge in [-0.05, 0) is 43.5 Å². The summed E-state index contributed by atoms with van der Waals surface area (Å²) in [6.45, 7) is 1.88. The Morgan fingerprint density at radius 1 is 1.18 bits per heavy atom. The second kappa shape index (κ2) is 10.1. The van der Waals surface area contributed by atoms with Crippen LogP contribution < -0.4 is 10.1 Å². The third kappa shape index (κ3) is 4.82. The molecule has 9 heteroatoms. The van der Waals surface area contributed by atoms with Crippen LogP contribution in [0.5, 0.6) is 5.75 Å². The maximum Gasteiger partial charge on any atom is 0.336 e. The molecule has 2 aliphatic rings. The van der Waals surface area contributed by atoms with Crippen molar-refractivity contribution in [1.29, 1.82) is 0 Å². The van der Waals surface area contributed by atoms with Gasteiger partial charge in [0.1, 0.15) is 24.0 Å². The molecule has 8 nitrogen and oxygen atoms in total. The van der Waals surface area contributed by atoms with Gasteiger partial charge in [-0.1, -0.05) is 35.9 Å². The summed E-state index contributed by atoms with van der Waals surface area (Å²) in [7, 11) is 0. The first-order valence-corrected chi connectivity index (χ1v) is 11.3. The second-order valence-corrected chi connectivity index (χ2v) is 8.44. The number of ketones is 1. The van der Waals surface area contributed by atoms with Gasteiger partial charge in [0, 0.05) is 35.4 Å².